The van der Waals surface area contributed by atoms with Crippen LogP contribution in [0.15, 0.2) is 6.20 Å². The minimum absolute atomic E-state index is 0.308. The van der Waals surface area contributed by atoms with E-state index in [-0.39, 0.29) is 0 Å². The molecule has 0 atom stereocenters. The number of hydrogen-bond acceptors (Lipinski definition) is 3. The van der Waals surface area contributed by atoms with E-state index in [1.807, 2.05) is 0 Å². The summed E-state index contributed by atoms with van der Waals surface area (Å²) in [6, 6.07) is 0. The molecule has 2 rings (SSSR count). The Labute approximate surface area is 90.3 Å². The predicted molar refractivity (Wildman–Crippen MR) is 50.4 cm³/mol. The largest absolute Gasteiger partial charge is 0.478 e. The van der Waals surface area contributed by atoms with Crippen LogP contribution in [0, 0.1) is 5.92 Å². The van der Waals surface area contributed by atoms with Gasteiger partial charge in [-0.2, -0.15) is 0 Å². The molecule has 1 heterocycles. The molecule has 6 heteroatoms. The summed E-state index contributed by atoms with van der Waals surface area (Å²) in [6.07, 6.45) is 0.767. The van der Waals surface area contributed by atoms with Crippen molar-refractivity contribution in [1.29, 1.82) is 0 Å². The fourth-order valence-electron chi connectivity index (χ4n) is 1.44. The lowest BCUT2D eigenvalue weighted by molar-refractivity contribution is 0.0681. The molecule has 1 aliphatic carbocycles. The maximum atomic E-state index is 12.6. The van der Waals surface area contributed by atoms with Gasteiger partial charge in [0.15, 0.2) is 0 Å². The first kappa shape index (κ1) is 10.9. The Kier molecular flexibility index (Phi) is 2.80. The Hall–Kier alpha value is -1.59. The third-order valence-electron chi connectivity index (χ3n) is 2.47. The second kappa shape index (κ2) is 4.11. The van der Waals surface area contributed by atoms with Gasteiger partial charge in [0.25, 0.3) is 6.43 Å². The van der Waals surface area contributed by atoms with Gasteiger partial charge in [0.05, 0.1) is 0 Å². The summed E-state index contributed by atoms with van der Waals surface area (Å²) < 4.78 is 25.1. The Morgan fingerprint density at radius 2 is 2.25 bits per heavy atom. The zero-order chi connectivity index (χ0) is 11.7. The summed E-state index contributed by atoms with van der Waals surface area (Å²) in [5.74, 6) is -0.641. The van der Waals surface area contributed by atoms with Crippen LogP contribution < -0.4 is 0 Å². The molecule has 0 bridgehead atoms. The smallest absolute Gasteiger partial charge is 0.339 e. The lowest BCUT2D eigenvalue weighted by Crippen LogP contribution is -2.09. The van der Waals surface area contributed by atoms with Gasteiger partial charge in [-0.1, -0.05) is 0 Å². The van der Waals surface area contributed by atoms with Gasteiger partial charge in [0.1, 0.15) is 17.1 Å². The molecule has 16 heavy (non-hydrogen) atoms. The van der Waals surface area contributed by atoms with Gasteiger partial charge in [-0.3, -0.25) is 0 Å². The van der Waals surface area contributed by atoms with Crippen LogP contribution in [0.25, 0.3) is 0 Å². The SMILES string of the molecule is O=C(O)c1cnc(CC2CC2)nc1C(F)F. The van der Waals surface area contributed by atoms with Gasteiger partial charge in [0.2, 0.25) is 0 Å². The molecule has 1 aromatic heterocycles. The van der Waals surface area contributed by atoms with Crippen LogP contribution in [-0.2, 0) is 6.42 Å². The number of nitrogens with zero attached hydrogens (tertiary/aromatic N) is 2. The quantitative estimate of drug-likeness (QED) is 0.856. The summed E-state index contributed by atoms with van der Waals surface area (Å²) in [7, 11) is 0. The van der Waals surface area contributed by atoms with Crippen molar-refractivity contribution in [2.75, 3.05) is 0 Å². The standard InChI is InChI=1S/C10H10F2N2O2/c11-9(12)8-6(10(15)16)4-13-7(14-8)3-5-1-2-5/h4-5,9H,1-3H2,(H,15,16). The number of alkyl halides is 2. The average Bonchev–Trinajstić information content (AvgIpc) is 3.01. The molecule has 0 saturated heterocycles. The van der Waals surface area contributed by atoms with Crippen LogP contribution in [0.1, 0.15) is 41.1 Å². The highest BCUT2D eigenvalue weighted by Crippen LogP contribution is 2.32. The molecule has 1 saturated carbocycles. The van der Waals surface area contributed by atoms with Crippen molar-refractivity contribution >= 4 is 5.97 Å². The topological polar surface area (TPSA) is 63.1 Å². The Balaban J connectivity index is 2.30. The molecule has 1 fully saturated rings. The Morgan fingerprint density at radius 3 is 2.75 bits per heavy atom. The van der Waals surface area contributed by atoms with Crippen molar-refractivity contribution in [3.63, 3.8) is 0 Å². The molecule has 0 radical (unpaired) electrons. The van der Waals surface area contributed by atoms with Crippen LogP contribution in [0.4, 0.5) is 8.78 Å². The van der Waals surface area contributed by atoms with Crippen molar-refractivity contribution in [2.24, 2.45) is 5.92 Å². The zero-order valence-electron chi connectivity index (χ0n) is 8.36. The number of halogens is 2. The summed E-state index contributed by atoms with van der Waals surface area (Å²) in [5, 5.41) is 8.69. The normalized spacial score (nSPS) is 15.4. The number of rotatable bonds is 4. The van der Waals surface area contributed by atoms with Gasteiger partial charge < -0.3 is 5.11 Å². The highest BCUT2D eigenvalue weighted by molar-refractivity contribution is 5.88. The minimum atomic E-state index is -2.88. The molecule has 0 amide bonds. The van der Waals surface area contributed by atoms with Crippen molar-refractivity contribution in [2.45, 2.75) is 25.7 Å². The first-order chi connectivity index (χ1) is 7.58. The van der Waals surface area contributed by atoms with Crippen molar-refractivity contribution in [1.82, 2.24) is 9.97 Å². The average molecular weight is 228 g/mol. The molecule has 1 N–H and O–H groups in total. The van der Waals surface area contributed by atoms with Crippen LogP contribution in [-0.4, -0.2) is 21.0 Å². The first-order valence-electron chi connectivity index (χ1n) is 4.95. The van der Waals surface area contributed by atoms with E-state index in [1.165, 1.54) is 0 Å². The summed E-state index contributed by atoms with van der Waals surface area (Å²) in [4.78, 5) is 18.1. The molecule has 0 spiro atoms. The fourth-order valence-corrected chi connectivity index (χ4v) is 1.44. The van der Waals surface area contributed by atoms with E-state index >= 15 is 0 Å². The summed E-state index contributed by atoms with van der Waals surface area (Å²) in [5.41, 5.74) is -1.20. The first-order valence-corrected chi connectivity index (χ1v) is 4.95. The van der Waals surface area contributed by atoms with E-state index in [1.54, 1.807) is 0 Å². The van der Waals surface area contributed by atoms with Crippen molar-refractivity contribution in [3.05, 3.63) is 23.3 Å². The van der Waals surface area contributed by atoms with E-state index in [2.05, 4.69) is 9.97 Å². The van der Waals surface area contributed by atoms with Gasteiger partial charge in [0, 0.05) is 12.6 Å². The second-order valence-corrected chi connectivity index (χ2v) is 3.84. The number of aromatic nitrogens is 2. The maximum Gasteiger partial charge on any atom is 0.339 e. The van der Waals surface area contributed by atoms with Gasteiger partial charge in [-0.25, -0.2) is 23.5 Å². The maximum absolute atomic E-state index is 12.6. The molecule has 1 aromatic rings. The van der Waals surface area contributed by atoms with E-state index < -0.39 is 23.7 Å². The van der Waals surface area contributed by atoms with E-state index in [9.17, 15) is 13.6 Å². The second-order valence-electron chi connectivity index (χ2n) is 3.84. The third-order valence-corrected chi connectivity index (χ3v) is 2.47. The molecule has 0 unspecified atom stereocenters. The highest BCUT2D eigenvalue weighted by atomic mass is 19.3. The van der Waals surface area contributed by atoms with Gasteiger partial charge in [-0.15, -0.1) is 0 Å². The Bertz CT molecular complexity index is 419. The molecule has 0 aliphatic heterocycles. The van der Waals surface area contributed by atoms with Gasteiger partial charge >= 0.3 is 5.97 Å². The zero-order valence-corrected chi connectivity index (χ0v) is 8.36. The van der Waals surface area contributed by atoms with Crippen LogP contribution in [0.3, 0.4) is 0 Å². The fraction of sp³-hybridized carbons (Fsp3) is 0.500. The Morgan fingerprint density at radius 1 is 1.56 bits per heavy atom. The van der Waals surface area contributed by atoms with Crippen LogP contribution >= 0.6 is 0 Å². The van der Waals surface area contributed by atoms with Crippen molar-refractivity contribution in [3.8, 4) is 0 Å². The number of carbonyl (C=O) groups is 1. The van der Waals surface area contributed by atoms with E-state index in [0.717, 1.165) is 19.0 Å². The number of aromatic carboxylic acids is 1. The monoisotopic (exact) mass is 228 g/mol. The third kappa shape index (κ3) is 2.32. The van der Waals surface area contributed by atoms with Crippen LogP contribution in [0.5, 0.6) is 0 Å². The lowest BCUT2D eigenvalue weighted by atomic mass is 10.2. The van der Waals surface area contributed by atoms with Gasteiger partial charge in [-0.05, 0) is 18.8 Å². The van der Waals surface area contributed by atoms with Crippen LogP contribution in [0.2, 0.25) is 0 Å². The summed E-state index contributed by atoms with van der Waals surface area (Å²) in [6.45, 7) is 0. The minimum Gasteiger partial charge on any atom is -0.478 e. The number of carboxylic acid groups (broad SMARTS) is 1. The van der Waals surface area contributed by atoms with E-state index in [0.29, 0.717) is 18.2 Å². The molecule has 1 aliphatic rings. The molecule has 4 nitrogen and oxygen atoms in total. The number of hydrogen-bond donors (Lipinski definition) is 1. The predicted octanol–water partition coefficient (Wildman–Crippen LogP) is 2.06. The van der Waals surface area contributed by atoms with Crippen molar-refractivity contribution < 1.29 is 18.7 Å². The number of carboxylic acids is 1. The summed E-state index contributed by atoms with van der Waals surface area (Å²) >= 11 is 0. The molecule has 0 aromatic carbocycles. The molecular formula is C10H10F2N2O2. The van der Waals surface area contributed by atoms with E-state index in [4.69, 9.17) is 5.11 Å². The lowest BCUT2D eigenvalue weighted by Gasteiger charge is -2.05. The molecular weight excluding hydrogens is 218 g/mol. The molecule has 86 valence electrons. The highest BCUT2D eigenvalue weighted by Gasteiger charge is 2.25.